The van der Waals surface area contributed by atoms with Crippen LogP contribution in [0.4, 0.5) is 9.18 Å². The summed E-state index contributed by atoms with van der Waals surface area (Å²) in [5.41, 5.74) is 5.87. The number of carbonyl (C=O) groups is 1. The second kappa shape index (κ2) is 7.26. The van der Waals surface area contributed by atoms with E-state index in [4.69, 9.17) is 15.2 Å². The predicted octanol–water partition coefficient (Wildman–Crippen LogP) is 2.23. The van der Waals surface area contributed by atoms with Crippen molar-refractivity contribution in [2.24, 2.45) is 5.73 Å². The lowest BCUT2D eigenvalue weighted by atomic mass is 10.0. The summed E-state index contributed by atoms with van der Waals surface area (Å²) in [5.74, 6) is 0.0550. The van der Waals surface area contributed by atoms with Crippen molar-refractivity contribution in [1.82, 2.24) is 5.32 Å². The van der Waals surface area contributed by atoms with Gasteiger partial charge < -0.3 is 20.5 Å². The minimum absolute atomic E-state index is 0.236. The fourth-order valence-corrected chi connectivity index (χ4v) is 1.82. The lowest BCUT2D eigenvalue weighted by Crippen LogP contribution is -2.44. The topological polar surface area (TPSA) is 73.6 Å². The first-order valence-electron chi connectivity index (χ1n) is 6.77. The monoisotopic (exact) mass is 298 g/mol. The van der Waals surface area contributed by atoms with Gasteiger partial charge in [-0.25, -0.2) is 9.18 Å². The van der Waals surface area contributed by atoms with Gasteiger partial charge in [0.2, 0.25) is 0 Å². The number of nitrogens with two attached hydrogens (primary N) is 1. The molecule has 0 heterocycles. The molecule has 1 atom stereocenters. The van der Waals surface area contributed by atoms with Crippen molar-refractivity contribution in [2.45, 2.75) is 38.8 Å². The summed E-state index contributed by atoms with van der Waals surface area (Å²) in [7, 11) is 1.47. The largest absolute Gasteiger partial charge is 0.496 e. The van der Waals surface area contributed by atoms with E-state index in [1.165, 1.54) is 19.2 Å². The van der Waals surface area contributed by atoms with Crippen molar-refractivity contribution in [3.63, 3.8) is 0 Å². The van der Waals surface area contributed by atoms with Gasteiger partial charge in [-0.3, -0.25) is 0 Å². The van der Waals surface area contributed by atoms with Gasteiger partial charge in [0.25, 0.3) is 0 Å². The number of benzene rings is 1. The Labute approximate surface area is 124 Å². The van der Waals surface area contributed by atoms with Crippen LogP contribution < -0.4 is 15.8 Å². The highest BCUT2D eigenvalue weighted by Gasteiger charge is 2.20. The normalized spacial score (nSPS) is 12.7. The number of nitrogens with one attached hydrogen (secondary N) is 1. The van der Waals surface area contributed by atoms with E-state index in [2.05, 4.69) is 5.32 Å². The molecule has 0 radical (unpaired) electrons. The van der Waals surface area contributed by atoms with Gasteiger partial charge in [0.1, 0.15) is 17.2 Å². The first-order valence-corrected chi connectivity index (χ1v) is 6.77. The Morgan fingerprint density at radius 1 is 1.43 bits per heavy atom. The highest BCUT2D eigenvalue weighted by atomic mass is 19.1. The first kappa shape index (κ1) is 17.2. The number of hydrogen-bond donors (Lipinski definition) is 2. The van der Waals surface area contributed by atoms with Gasteiger partial charge in [0.05, 0.1) is 7.11 Å². The third-order valence-electron chi connectivity index (χ3n) is 2.72. The molecule has 0 saturated heterocycles. The average Bonchev–Trinajstić information content (AvgIpc) is 2.37. The van der Waals surface area contributed by atoms with E-state index in [0.29, 0.717) is 12.2 Å². The average molecular weight is 298 g/mol. The van der Waals surface area contributed by atoms with Gasteiger partial charge in [-0.2, -0.15) is 0 Å². The van der Waals surface area contributed by atoms with Crippen molar-refractivity contribution in [3.8, 4) is 5.75 Å². The molecule has 0 aliphatic heterocycles. The fourth-order valence-electron chi connectivity index (χ4n) is 1.82. The highest BCUT2D eigenvalue weighted by molar-refractivity contribution is 5.68. The minimum atomic E-state index is -0.573. The molecule has 1 unspecified atom stereocenters. The van der Waals surface area contributed by atoms with E-state index in [-0.39, 0.29) is 18.4 Å². The van der Waals surface area contributed by atoms with Crippen LogP contribution in [0, 0.1) is 5.82 Å². The molecule has 3 N–H and O–H groups in total. The van der Waals surface area contributed by atoms with Crippen LogP contribution in [0.1, 0.15) is 26.3 Å². The summed E-state index contributed by atoms with van der Waals surface area (Å²) in [6.07, 6.45) is -0.0989. The number of rotatable bonds is 5. The van der Waals surface area contributed by atoms with Crippen molar-refractivity contribution in [1.29, 1.82) is 0 Å². The van der Waals surface area contributed by atoms with E-state index in [9.17, 15) is 9.18 Å². The molecule has 5 nitrogen and oxygen atoms in total. The lowest BCUT2D eigenvalue weighted by Gasteiger charge is -2.23. The Morgan fingerprint density at radius 2 is 2.10 bits per heavy atom. The summed E-state index contributed by atoms with van der Waals surface area (Å²) < 4.78 is 23.5. The number of hydrogen-bond acceptors (Lipinski definition) is 4. The van der Waals surface area contributed by atoms with E-state index < -0.39 is 11.7 Å². The van der Waals surface area contributed by atoms with Gasteiger partial charge in [-0.1, -0.05) is 6.07 Å². The number of halogens is 1. The van der Waals surface area contributed by atoms with Crippen molar-refractivity contribution in [2.75, 3.05) is 13.7 Å². The number of methoxy groups -OCH3 is 1. The Balaban J connectivity index is 2.72. The summed E-state index contributed by atoms with van der Waals surface area (Å²) in [6, 6.07) is 3.95. The Bertz CT molecular complexity index is 486. The molecule has 0 saturated carbocycles. The van der Waals surface area contributed by atoms with E-state index in [1.54, 1.807) is 26.8 Å². The second-order valence-electron chi connectivity index (χ2n) is 5.74. The van der Waals surface area contributed by atoms with Crippen LogP contribution in [0.25, 0.3) is 0 Å². The highest BCUT2D eigenvalue weighted by Crippen LogP contribution is 2.21. The van der Waals surface area contributed by atoms with Gasteiger partial charge >= 0.3 is 6.09 Å². The molecular weight excluding hydrogens is 275 g/mol. The molecule has 1 aromatic carbocycles. The van der Waals surface area contributed by atoms with Gasteiger partial charge in [0, 0.05) is 18.7 Å². The van der Waals surface area contributed by atoms with E-state index >= 15 is 0 Å². The van der Waals surface area contributed by atoms with Crippen LogP contribution >= 0.6 is 0 Å². The van der Waals surface area contributed by atoms with E-state index in [1.807, 2.05) is 0 Å². The fraction of sp³-hybridized carbons (Fsp3) is 0.533. The Hall–Kier alpha value is -1.82. The van der Waals surface area contributed by atoms with Crippen molar-refractivity contribution >= 4 is 6.09 Å². The van der Waals surface area contributed by atoms with Crippen molar-refractivity contribution < 1.29 is 18.7 Å². The summed E-state index contributed by atoms with van der Waals surface area (Å²) in [4.78, 5) is 11.7. The smallest absolute Gasteiger partial charge is 0.407 e. The molecule has 6 heteroatoms. The molecule has 1 rings (SSSR count). The maximum Gasteiger partial charge on any atom is 0.407 e. The van der Waals surface area contributed by atoms with Crippen LogP contribution in [-0.2, 0) is 11.2 Å². The maximum absolute atomic E-state index is 13.2. The van der Waals surface area contributed by atoms with Crippen LogP contribution in [-0.4, -0.2) is 31.4 Å². The first-order chi connectivity index (χ1) is 9.75. The van der Waals surface area contributed by atoms with Crippen LogP contribution in [0.2, 0.25) is 0 Å². The SMILES string of the molecule is COc1cc(F)ccc1CC(CN)NC(=O)OC(C)(C)C. The molecule has 118 valence electrons. The molecule has 0 spiro atoms. The van der Waals surface area contributed by atoms with Crippen LogP contribution in [0.15, 0.2) is 18.2 Å². The van der Waals surface area contributed by atoms with Crippen LogP contribution in [0.3, 0.4) is 0 Å². The van der Waals surface area contributed by atoms with Gasteiger partial charge in [0.15, 0.2) is 0 Å². The zero-order valence-corrected chi connectivity index (χ0v) is 12.9. The summed E-state index contributed by atoms with van der Waals surface area (Å²) in [5, 5.41) is 2.70. The third-order valence-corrected chi connectivity index (χ3v) is 2.72. The number of ether oxygens (including phenoxy) is 2. The number of carbonyl (C=O) groups excluding carboxylic acids is 1. The standard InChI is InChI=1S/C15H23FN2O3/c1-15(2,3)21-14(19)18-12(9-17)7-10-5-6-11(16)8-13(10)20-4/h5-6,8,12H,7,9,17H2,1-4H3,(H,18,19). The molecule has 1 aromatic rings. The summed E-state index contributed by atoms with van der Waals surface area (Å²) >= 11 is 0. The summed E-state index contributed by atoms with van der Waals surface area (Å²) in [6.45, 7) is 5.59. The second-order valence-corrected chi connectivity index (χ2v) is 5.74. The van der Waals surface area contributed by atoms with Gasteiger partial charge in [-0.05, 0) is 38.8 Å². The molecule has 0 fully saturated rings. The van der Waals surface area contributed by atoms with E-state index in [0.717, 1.165) is 5.56 Å². The molecule has 0 aliphatic carbocycles. The number of amides is 1. The zero-order chi connectivity index (χ0) is 16.0. The zero-order valence-electron chi connectivity index (χ0n) is 12.9. The molecular formula is C15H23FN2O3. The predicted molar refractivity (Wildman–Crippen MR) is 78.9 cm³/mol. The quantitative estimate of drug-likeness (QED) is 0.874. The molecule has 0 bridgehead atoms. The number of alkyl carbamates (subject to hydrolysis) is 1. The van der Waals surface area contributed by atoms with Crippen LogP contribution in [0.5, 0.6) is 5.75 Å². The maximum atomic E-state index is 13.2. The third kappa shape index (κ3) is 5.99. The van der Waals surface area contributed by atoms with Gasteiger partial charge in [-0.15, -0.1) is 0 Å². The molecule has 21 heavy (non-hydrogen) atoms. The minimum Gasteiger partial charge on any atom is -0.496 e. The Kier molecular flexibility index (Phi) is 5.96. The van der Waals surface area contributed by atoms with Crippen molar-refractivity contribution in [3.05, 3.63) is 29.6 Å². The molecule has 1 amide bonds. The Morgan fingerprint density at radius 3 is 2.62 bits per heavy atom. The lowest BCUT2D eigenvalue weighted by molar-refractivity contribution is 0.0505. The molecule has 0 aromatic heterocycles. The molecule has 0 aliphatic rings.